The SMILES string of the molecule is COc1ccc(-c2nc3cc(C)ccc3n2C(C(=O)NC2CCCCC2)C2CCCCC2)c(OC)c1.[Cl-].[H+]. The topological polar surface area (TPSA) is 65.4 Å². The second-order valence-electron chi connectivity index (χ2n) is 10.6. The van der Waals surface area contributed by atoms with Crippen molar-refractivity contribution in [3.63, 3.8) is 0 Å². The molecule has 2 aliphatic carbocycles. The molecule has 5 rings (SSSR count). The van der Waals surface area contributed by atoms with Crippen LogP contribution in [0.3, 0.4) is 0 Å². The van der Waals surface area contributed by atoms with E-state index >= 15 is 0 Å². The highest BCUT2D eigenvalue weighted by atomic mass is 35.5. The minimum Gasteiger partial charge on any atom is -1.00 e. The number of ether oxygens (including phenoxy) is 2. The van der Waals surface area contributed by atoms with Crippen LogP contribution in [0.4, 0.5) is 0 Å². The van der Waals surface area contributed by atoms with Gasteiger partial charge in [-0.15, -0.1) is 0 Å². The number of halogens is 1. The maximum atomic E-state index is 14.1. The molecule has 2 fully saturated rings. The van der Waals surface area contributed by atoms with Gasteiger partial charge in [0.2, 0.25) is 5.91 Å². The molecular formula is C30H40ClN3O3. The van der Waals surface area contributed by atoms with Crippen molar-refractivity contribution in [2.24, 2.45) is 5.92 Å². The van der Waals surface area contributed by atoms with E-state index in [1.165, 1.54) is 38.5 Å². The zero-order valence-electron chi connectivity index (χ0n) is 23.3. The number of imidazole rings is 1. The number of amides is 1. The van der Waals surface area contributed by atoms with E-state index in [2.05, 4.69) is 35.0 Å². The van der Waals surface area contributed by atoms with Gasteiger partial charge in [-0.1, -0.05) is 44.6 Å². The van der Waals surface area contributed by atoms with E-state index in [-0.39, 0.29) is 37.7 Å². The van der Waals surface area contributed by atoms with Gasteiger partial charge in [-0.25, -0.2) is 4.98 Å². The lowest BCUT2D eigenvalue weighted by Crippen LogP contribution is -3.00. The van der Waals surface area contributed by atoms with Crippen molar-refractivity contribution < 1.29 is 28.1 Å². The van der Waals surface area contributed by atoms with Crippen LogP contribution in [0.1, 0.15) is 77.2 Å². The number of aromatic nitrogens is 2. The first-order chi connectivity index (χ1) is 17.6. The van der Waals surface area contributed by atoms with Gasteiger partial charge in [0.1, 0.15) is 23.4 Å². The zero-order chi connectivity index (χ0) is 25.1. The smallest absolute Gasteiger partial charge is 1.00 e. The number of aryl methyl sites for hydroxylation is 1. The van der Waals surface area contributed by atoms with Crippen LogP contribution in [0.2, 0.25) is 0 Å². The lowest BCUT2D eigenvalue weighted by atomic mass is 9.82. The number of methoxy groups -OCH3 is 2. The Balaban J connectivity index is 0.00000200. The van der Waals surface area contributed by atoms with E-state index in [1.807, 2.05) is 18.2 Å². The molecule has 0 aliphatic heterocycles. The van der Waals surface area contributed by atoms with Gasteiger partial charge in [0.05, 0.1) is 30.8 Å². The second-order valence-corrected chi connectivity index (χ2v) is 10.6. The van der Waals surface area contributed by atoms with Gasteiger partial charge in [0.15, 0.2) is 0 Å². The summed E-state index contributed by atoms with van der Waals surface area (Å²) in [6, 6.07) is 12.1. The van der Waals surface area contributed by atoms with Crippen molar-refractivity contribution in [3.05, 3.63) is 42.0 Å². The Morgan fingerprint density at radius 3 is 2.35 bits per heavy atom. The number of nitrogens with one attached hydrogen (secondary N) is 1. The Kier molecular flexibility index (Phi) is 9.01. The Morgan fingerprint density at radius 2 is 1.68 bits per heavy atom. The van der Waals surface area contributed by atoms with Gasteiger partial charge >= 0.3 is 1.43 Å². The maximum absolute atomic E-state index is 14.1. The zero-order valence-corrected chi connectivity index (χ0v) is 23.0. The largest absolute Gasteiger partial charge is 1.00 e. The minimum absolute atomic E-state index is 0. The summed E-state index contributed by atoms with van der Waals surface area (Å²) in [6.45, 7) is 2.08. The number of fused-ring (bicyclic) bond motifs is 1. The van der Waals surface area contributed by atoms with E-state index in [0.29, 0.717) is 5.75 Å². The molecule has 0 spiro atoms. The predicted molar refractivity (Wildman–Crippen MR) is 145 cm³/mol. The first-order valence-corrected chi connectivity index (χ1v) is 13.6. The second kappa shape index (κ2) is 12.2. The average molecular weight is 526 g/mol. The van der Waals surface area contributed by atoms with Crippen molar-refractivity contribution in [1.82, 2.24) is 14.9 Å². The molecule has 0 radical (unpaired) electrons. The molecule has 0 saturated heterocycles. The monoisotopic (exact) mass is 525 g/mol. The summed E-state index contributed by atoms with van der Waals surface area (Å²) < 4.78 is 13.5. The maximum Gasteiger partial charge on any atom is 1.00 e. The summed E-state index contributed by atoms with van der Waals surface area (Å²) in [5.74, 6) is 2.63. The molecule has 1 amide bonds. The van der Waals surface area contributed by atoms with Gasteiger partial charge in [0, 0.05) is 12.1 Å². The predicted octanol–water partition coefficient (Wildman–Crippen LogP) is 3.72. The third-order valence-electron chi connectivity index (χ3n) is 8.09. The average Bonchev–Trinajstić information content (AvgIpc) is 3.27. The number of carbonyl (C=O) groups excluding carboxylic acids is 1. The molecule has 6 nitrogen and oxygen atoms in total. The van der Waals surface area contributed by atoms with Gasteiger partial charge in [0.25, 0.3) is 0 Å². The van der Waals surface area contributed by atoms with Crippen molar-refractivity contribution in [1.29, 1.82) is 0 Å². The van der Waals surface area contributed by atoms with E-state index in [9.17, 15) is 4.79 Å². The van der Waals surface area contributed by atoms with Crippen LogP contribution in [0.15, 0.2) is 36.4 Å². The summed E-state index contributed by atoms with van der Waals surface area (Å²) >= 11 is 0. The molecule has 1 N–H and O–H groups in total. The molecule has 7 heteroatoms. The van der Waals surface area contributed by atoms with Crippen LogP contribution in [0, 0.1) is 12.8 Å². The molecule has 2 aromatic carbocycles. The molecule has 200 valence electrons. The normalized spacial score (nSPS) is 17.7. The molecule has 37 heavy (non-hydrogen) atoms. The van der Waals surface area contributed by atoms with Crippen LogP contribution >= 0.6 is 0 Å². The number of hydrogen-bond acceptors (Lipinski definition) is 4. The fourth-order valence-electron chi connectivity index (χ4n) is 6.19. The van der Waals surface area contributed by atoms with Crippen LogP contribution in [-0.4, -0.2) is 35.7 Å². The van der Waals surface area contributed by atoms with Crippen LogP contribution in [0.5, 0.6) is 11.5 Å². The minimum atomic E-state index is -0.304. The highest BCUT2D eigenvalue weighted by Gasteiger charge is 2.35. The Bertz CT molecular complexity index is 1220. The van der Waals surface area contributed by atoms with Crippen molar-refractivity contribution in [3.8, 4) is 22.9 Å². The van der Waals surface area contributed by atoms with Gasteiger partial charge in [-0.2, -0.15) is 0 Å². The molecule has 1 aromatic heterocycles. The lowest BCUT2D eigenvalue weighted by Gasteiger charge is -2.34. The number of nitrogens with zero attached hydrogens (tertiary/aromatic N) is 2. The highest BCUT2D eigenvalue weighted by Crippen LogP contribution is 2.41. The summed E-state index contributed by atoms with van der Waals surface area (Å²) in [5, 5.41) is 3.47. The molecule has 2 aliphatic rings. The van der Waals surface area contributed by atoms with Gasteiger partial charge in [-0.05, 0) is 68.4 Å². The van der Waals surface area contributed by atoms with Crippen LogP contribution < -0.4 is 27.2 Å². The number of carbonyl (C=O) groups is 1. The third kappa shape index (κ3) is 5.74. The van der Waals surface area contributed by atoms with E-state index < -0.39 is 0 Å². The van der Waals surface area contributed by atoms with Crippen molar-refractivity contribution in [2.75, 3.05) is 14.2 Å². The van der Waals surface area contributed by atoms with Crippen LogP contribution in [0.25, 0.3) is 22.4 Å². The first kappa shape index (κ1) is 27.3. The lowest BCUT2D eigenvalue weighted by molar-refractivity contribution is -0.127. The third-order valence-corrected chi connectivity index (χ3v) is 8.09. The molecule has 0 bridgehead atoms. The Labute approximate surface area is 228 Å². The van der Waals surface area contributed by atoms with Crippen molar-refractivity contribution in [2.45, 2.75) is 83.2 Å². The van der Waals surface area contributed by atoms with E-state index in [0.717, 1.165) is 59.4 Å². The Hall–Kier alpha value is -2.73. The number of benzene rings is 2. The number of rotatable bonds is 7. The molecule has 2 saturated carbocycles. The summed E-state index contributed by atoms with van der Waals surface area (Å²) in [7, 11) is 3.32. The van der Waals surface area contributed by atoms with Crippen molar-refractivity contribution >= 4 is 16.9 Å². The first-order valence-electron chi connectivity index (χ1n) is 13.6. The Morgan fingerprint density at radius 1 is 0.973 bits per heavy atom. The number of hydrogen-bond donors (Lipinski definition) is 1. The standard InChI is InChI=1S/C30H39N3O3.ClH/c1-20-14-17-26-25(18-20)32-29(24-16-15-23(35-2)19-27(24)36-3)33(26)28(21-10-6-4-7-11-21)30(34)31-22-12-8-5-9-13-22;/h14-19,21-22,28H,4-13H2,1-3H3,(H,31,34);1H. The fourth-order valence-corrected chi connectivity index (χ4v) is 6.19. The van der Waals surface area contributed by atoms with Crippen LogP contribution in [-0.2, 0) is 4.79 Å². The summed E-state index contributed by atoms with van der Waals surface area (Å²) in [5.41, 5.74) is 3.94. The fraction of sp³-hybridized carbons (Fsp3) is 0.533. The van der Waals surface area contributed by atoms with Gasteiger partial charge < -0.3 is 31.8 Å². The highest BCUT2D eigenvalue weighted by molar-refractivity contribution is 5.88. The van der Waals surface area contributed by atoms with E-state index in [1.54, 1.807) is 14.2 Å². The molecule has 3 aromatic rings. The van der Waals surface area contributed by atoms with Gasteiger partial charge in [-0.3, -0.25) is 4.79 Å². The quantitative estimate of drug-likeness (QED) is 0.510. The molecular weight excluding hydrogens is 486 g/mol. The molecule has 1 heterocycles. The molecule has 1 unspecified atom stereocenters. The van der Waals surface area contributed by atoms with E-state index in [4.69, 9.17) is 14.5 Å². The summed E-state index contributed by atoms with van der Waals surface area (Å²) in [4.78, 5) is 19.3. The molecule has 1 atom stereocenters. The summed E-state index contributed by atoms with van der Waals surface area (Å²) in [6.07, 6.45) is 11.5.